The Morgan fingerprint density at radius 2 is 2.05 bits per heavy atom. The van der Waals surface area contributed by atoms with Crippen molar-refractivity contribution in [2.75, 3.05) is 0 Å². The summed E-state index contributed by atoms with van der Waals surface area (Å²) in [4.78, 5) is 11.8. The second-order valence-electron chi connectivity index (χ2n) is 5.66. The van der Waals surface area contributed by atoms with Crippen molar-refractivity contribution in [3.8, 4) is 0 Å². The minimum absolute atomic E-state index is 0.124. The van der Waals surface area contributed by atoms with Crippen LogP contribution in [0.5, 0.6) is 0 Å². The molecule has 0 saturated heterocycles. The Labute approximate surface area is 115 Å². The molecule has 0 aliphatic heterocycles. The fourth-order valence-corrected chi connectivity index (χ4v) is 2.88. The van der Waals surface area contributed by atoms with Crippen LogP contribution >= 0.6 is 0 Å². The molecule has 1 aliphatic rings. The molecule has 2 nitrogen and oxygen atoms in total. The Bertz CT molecular complexity index is 463. The number of hydrogen-bond acceptors (Lipinski definition) is 2. The van der Waals surface area contributed by atoms with Gasteiger partial charge in [-0.25, -0.2) is 0 Å². The highest BCUT2D eigenvalue weighted by Crippen LogP contribution is 2.62. The van der Waals surface area contributed by atoms with Gasteiger partial charge >= 0.3 is 5.97 Å². The van der Waals surface area contributed by atoms with Gasteiger partial charge in [0.15, 0.2) is 0 Å². The van der Waals surface area contributed by atoms with Crippen molar-refractivity contribution in [3.05, 3.63) is 42.2 Å². The summed E-state index contributed by atoms with van der Waals surface area (Å²) in [6.45, 7) is 6.67. The second kappa shape index (κ2) is 5.60. The molecule has 0 spiro atoms. The van der Waals surface area contributed by atoms with Crippen molar-refractivity contribution in [1.29, 1.82) is 0 Å². The van der Waals surface area contributed by atoms with Gasteiger partial charge in [0.1, 0.15) is 0 Å². The standard InChI is InChI=1S/C17H22O2/c1-4-17(3)13(2)15(17)12-16(18)19-11-10-14-8-6-5-7-9-14/h5-11,13,15H,4,12H2,1-3H3/b11-10+. The van der Waals surface area contributed by atoms with E-state index in [1.807, 2.05) is 36.4 Å². The van der Waals surface area contributed by atoms with E-state index in [0.29, 0.717) is 23.7 Å². The summed E-state index contributed by atoms with van der Waals surface area (Å²) in [6, 6.07) is 9.83. The zero-order valence-corrected chi connectivity index (χ0v) is 11.9. The molecular formula is C17H22O2. The van der Waals surface area contributed by atoms with Crippen molar-refractivity contribution < 1.29 is 9.53 Å². The lowest BCUT2D eigenvalue weighted by atomic mass is 10.0. The van der Waals surface area contributed by atoms with Gasteiger partial charge in [-0.1, -0.05) is 57.5 Å². The quantitative estimate of drug-likeness (QED) is 0.582. The van der Waals surface area contributed by atoms with E-state index in [1.165, 1.54) is 6.26 Å². The maximum atomic E-state index is 11.8. The molecule has 1 saturated carbocycles. The van der Waals surface area contributed by atoms with Crippen LogP contribution in [0.3, 0.4) is 0 Å². The molecule has 0 N–H and O–H groups in total. The SMILES string of the molecule is CCC1(C)C(C)C1CC(=O)O/C=C/c1ccccc1. The summed E-state index contributed by atoms with van der Waals surface area (Å²) in [6.07, 6.45) is 4.97. The maximum absolute atomic E-state index is 11.8. The van der Waals surface area contributed by atoms with Crippen LogP contribution in [-0.2, 0) is 9.53 Å². The molecule has 2 rings (SSSR count). The Morgan fingerprint density at radius 1 is 1.37 bits per heavy atom. The predicted molar refractivity (Wildman–Crippen MR) is 77.2 cm³/mol. The molecule has 3 unspecified atom stereocenters. The second-order valence-corrected chi connectivity index (χ2v) is 5.66. The molecule has 0 radical (unpaired) electrons. The maximum Gasteiger partial charge on any atom is 0.310 e. The third-order valence-electron chi connectivity index (χ3n) is 4.79. The van der Waals surface area contributed by atoms with Crippen LogP contribution in [0.2, 0.25) is 0 Å². The Morgan fingerprint density at radius 3 is 2.63 bits per heavy atom. The van der Waals surface area contributed by atoms with Crippen molar-refractivity contribution in [2.45, 2.75) is 33.6 Å². The van der Waals surface area contributed by atoms with Gasteiger partial charge in [-0.3, -0.25) is 4.79 Å². The van der Waals surface area contributed by atoms with E-state index in [0.717, 1.165) is 12.0 Å². The smallest absolute Gasteiger partial charge is 0.310 e. The molecule has 0 heterocycles. The Kier molecular flexibility index (Phi) is 4.08. The van der Waals surface area contributed by atoms with Crippen LogP contribution in [-0.4, -0.2) is 5.97 Å². The van der Waals surface area contributed by atoms with Crippen molar-refractivity contribution >= 4 is 12.0 Å². The topological polar surface area (TPSA) is 26.3 Å². The number of hydrogen-bond donors (Lipinski definition) is 0. The summed E-state index contributed by atoms with van der Waals surface area (Å²) in [5.74, 6) is 0.986. The van der Waals surface area contributed by atoms with Gasteiger partial charge in [0.05, 0.1) is 6.26 Å². The summed E-state index contributed by atoms with van der Waals surface area (Å²) in [7, 11) is 0. The lowest BCUT2D eigenvalue weighted by Gasteiger charge is -2.06. The first kappa shape index (κ1) is 13.9. The summed E-state index contributed by atoms with van der Waals surface area (Å²) < 4.78 is 5.16. The van der Waals surface area contributed by atoms with E-state index in [9.17, 15) is 4.79 Å². The van der Waals surface area contributed by atoms with E-state index >= 15 is 0 Å². The molecule has 3 atom stereocenters. The van der Waals surface area contributed by atoms with Gasteiger partial charge in [0, 0.05) is 6.42 Å². The monoisotopic (exact) mass is 258 g/mol. The lowest BCUT2D eigenvalue weighted by Crippen LogP contribution is -2.04. The number of ether oxygens (including phenoxy) is 1. The first-order chi connectivity index (χ1) is 9.08. The predicted octanol–water partition coefficient (Wildman–Crippen LogP) is 4.27. The van der Waals surface area contributed by atoms with Crippen molar-refractivity contribution in [1.82, 2.24) is 0 Å². The summed E-state index contributed by atoms with van der Waals surface area (Å²) >= 11 is 0. The Balaban J connectivity index is 1.79. The summed E-state index contributed by atoms with van der Waals surface area (Å²) in [5, 5.41) is 0. The zero-order valence-electron chi connectivity index (χ0n) is 11.9. The van der Waals surface area contributed by atoms with Gasteiger partial charge < -0.3 is 4.74 Å². The minimum atomic E-state index is -0.124. The highest BCUT2D eigenvalue weighted by Gasteiger charge is 2.57. The molecule has 19 heavy (non-hydrogen) atoms. The van der Waals surface area contributed by atoms with E-state index in [-0.39, 0.29) is 5.97 Å². The number of carbonyl (C=O) groups excluding carboxylic acids is 1. The molecule has 1 fully saturated rings. The van der Waals surface area contributed by atoms with Crippen LogP contribution < -0.4 is 0 Å². The fraction of sp³-hybridized carbons (Fsp3) is 0.471. The largest absolute Gasteiger partial charge is 0.434 e. The average Bonchev–Trinajstić information content (AvgIpc) is 2.93. The molecule has 1 aromatic rings. The van der Waals surface area contributed by atoms with E-state index in [2.05, 4.69) is 20.8 Å². The van der Waals surface area contributed by atoms with Gasteiger partial charge in [-0.15, -0.1) is 0 Å². The van der Waals surface area contributed by atoms with Crippen LogP contribution in [0.4, 0.5) is 0 Å². The van der Waals surface area contributed by atoms with Crippen molar-refractivity contribution in [3.63, 3.8) is 0 Å². The third-order valence-corrected chi connectivity index (χ3v) is 4.79. The Hall–Kier alpha value is -1.57. The molecule has 0 amide bonds. The van der Waals surface area contributed by atoms with Gasteiger partial charge in [0.2, 0.25) is 0 Å². The number of benzene rings is 1. The lowest BCUT2D eigenvalue weighted by molar-refractivity contribution is -0.138. The fourth-order valence-electron chi connectivity index (χ4n) is 2.88. The molecule has 102 valence electrons. The van der Waals surface area contributed by atoms with Crippen molar-refractivity contribution in [2.24, 2.45) is 17.3 Å². The number of carbonyl (C=O) groups is 1. The highest BCUT2D eigenvalue weighted by molar-refractivity contribution is 5.71. The number of rotatable bonds is 5. The summed E-state index contributed by atoms with van der Waals surface area (Å²) in [5.41, 5.74) is 1.37. The third kappa shape index (κ3) is 3.06. The number of esters is 1. The van der Waals surface area contributed by atoms with Crippen LogP contribution in [0, 0.1) is 17.3 Å². The van der Waals surface area contributed by atoms with Crippen LogP contribution in [0.1, 0.15) is 39.2 Å². The van der Waals surface area contributed by atoms with Gasteiger partial charge in [-0.2, -0.15) is 0 Å². The highest BCUT2D eigenvalue weighted by atomic mass is 16.5. The van der Waals surface area contributed by atoms with Crippen LogP contribution in [0.15, 0.2) is 36.6 Å². The van der Waals surface area contributed by atoms with Crippen LogP contribution in [0.25, 0.3) is 6.08 Å². The molecule has 0 aromatic heterocycles. The normalized spacial score (nSPS) is 29.4. The molecule has 1 aliphatic carbocycles. The van der Waals surface area contributed by atoms with E-state index < -0.39 is 0 Å². The average molecular weight is 258 g/mol. The van der Waals surface area contributed by atoms with E-state index in [4.69, 9.17) is 4.74 Å². The minimum Gasteiger partial charge on any atom is -0.434 e. The van der Waals surface area contributed by atoms with Gasteiger partial charge in [0.25, 0.3) is 0 Å². The molecule has 1 aromatic carbocycles. The first-order valence-corrected chi connectivity index (χ1v) is 6.99. The molecule has 0 bridgehead atoms. The first-order valence-electron chi connectivity index (χ1n) is 6.99. The molecule has 2 heteroatoms. The zero-order chi connectivity index (χ0) is 13.9. The van der Waals surface area contributed by atoms with E-state index in [1.54, 1.807) is 0 Å². The molecular weight excluding hydrogens is 236 g/mol. The van der Waals surface area contributed by atoms with Gasteiger partial charge in [-0.05, 0) is 28.9 Å².